The summed E-state index contributed by atoms with van der Waals surface area (Å²) in [5, 5.41) is -2.10. The zero-order chi connectivity index (χ0) is 10.2. The highest BCUT2D eigenvalue weighted by atomic mass is 35.5. The summed E-state index contributed by atoms with van der Waals surface area (Å²) < 4.78 is 5.11. The highest BCUT2D eigenvalue weighted by Gasteiger charge is 2.47. The molecule has 1 aliphatic carbocycles. The first-order valence-corrected chi connectivity index (χ1v) is 5.92. The van der Waals surface area contributed by atoms with E-state index in [1.165, 1.54) is 7.11 Å². The second-order valence-electron chi connectivity index (χ2n) is 2.92. The maximum Gasteiger partial charge on any atom is 0.0927 e. The molecule has 6 atom stereocenters. The van der Waals surface area contributed by atoms with Crippen molar-refractivity contribution >= 4 is 58.0 Å². The quantitative estimate of drug-likeness (QED) is 0.673. The SMILES string of the molecule is COC1[C@@H](Cl)[C@@H](Cl)C(Cl)[C@@H](Cl)[C@H]1Cl. The van der Waals surface area contributed by atoms with Gasteiger partial charge in [-0.25, -0.2) is 0 Å². The van der Waals surface area contributed by atoms with E-state index in [1.807, 2.05) is 0 Å². The van der Waals surface area contributed by atoms with Gasteiger partial charge in [0, 0.05) is 7.11 Å². The predicted octanol–water partition coefficient (Wildman–Crippen LogP) is 3.05. The largest absolute Gasteiger partial charge is 0.378 e. The van der Waals surface area contributed by atoms with Crippen LogP contribution in [0.15, 0.2) is 0 Å². The molecular formula is C7H9Cl5O. The van der Waals surface area contributed by atoms with E-state index in [4.69, 9.17) is 62.7 Å². The molecule has 0 amide bonds. The van der Waals surface area contributed by atoms with E-state index in [9.17, 15) is 0 Å². The van der Waals surface area contributed by atoms with Crippen LogP contribution in [0.4, 0.5) is 0 Å². The van der Waals surface area contributed by atoms with E-state index in [2.05, 4.69) is 0 Å². The number of halogens is 5. The molecule has 1 nitrogen and oxygen atoms in total. The van der Waals surface area contributed by atoms with Gasteiger partial charge in [0.1, 0.15) is 0 Å². The molecule has 0 aromatic rings. The van der Waals surface area contributed by atoms with Crippen molar-refractivity contribution in [2.24, 2.45) is 0 Å². The molecule has 0 bridgehead atoms. The number of alkyl halides is 5. The van der Waals surface area contributed by atoms with E-state index in [-0.39, 0.29) is 6.10 Å². The van der Waals surface area contributed by atoms with E-state index >= 15 is 0 Å². The van der Waals surface area contributed by atoms with E-state index in [1.54, 1.807) is 0 Å². The van der Waals surface area contributed by atoms with Gasteiger partial charge in [-0.15, -0.1) is 58.0 Å². The van der Waals surface area contributed by atoms with Crippen molar-refractivity contribution in [1.82, 2.24) is 0 Å². The fraction of sp³-hybridized carbons (Fsp3) is 1.00. The highest BCUT2D eigenvalue weighted by Crippen LogP contribution is 2.38. The van der Waals surface area contributed by atoms with Gasteiger partial charge in [0.25, 0.3) is 0 Å². The van der Waals surface area contributed by atoms with Gasteiger partial charge in [0.15, 0.2) is 0 Å². The summed E-state index contributed by atoms with van der Waals surface area (Å²) >= 11 is 29.9. The smallest absolute Gasteiger partial charge is 0.0927 e. The van der Waals surface area contributed by atoms with Crippen molar-refractivity contribution < 1.29 is 4.74 Å². The third-order valence-corrected chi connectivity index (χ3v) is 5.30. The first-order valence-electron chi connectivity index (χ1n) is 3.74. The molecule has 0 radical (unpaired) electrons. The van der Waals surface area contributed by atoms with Crippen molar-refractivity contribution in [3.05, 3.63) is 0 Å². The van der Waals surface area contributed by atoms with Crippen LogP contribution in [0.3, 0.4) is 0 Å². The third-order valence-electron chi connectivity index (χ3n) is 2.12. The Morgan fingerprint density at radius 1 is 0.692 bits per heavy atom. The summed E-state index contributed by atoms with van der Waals surface area (Å²) in [5.41, 5.74) is 0. The third kappa shape index (κ3) is 2.32. The summed E-state index contributed by atoms with van der Waals surface area (Å²) in [6.45, 7) is 0. The van der Waals surface area contributed by atoms with Crippen LogP contribution in [0.5, 0.6) is 0 Å². The Balaban J connectivity index is 2.79. The standard InChI is InChI=1S/C7H9Cl5O/c1-13-7-5(11)3(9)2(8)4(10)6(7)12/h2-7H,1H3/t2?,3-,4+,5-,6+,7?. The zero-order valence-electron chi connectivity index (χ0n) is 6.76. The van der Waals surface area contributed by atoms with E-state index in [0.29, 0.717) is 0 Å². The lowest BCUT2D eigenvalue weighted by Crippen LogP contribution is -2.55. The van der Waals surface area contributed by atoms with Crippen molar-refractivity contribution in [3.63, 3.8) is 0 Å². The van der Waals surface area contributed by atoms with Gasteiger partial charge in [-0.3, -0.25) is 0 Å². The van der Waals surface area contributed by atoms with Crippen LogP contribution < -0.4 is 0 Å². The van der Waals surface area contributed by atoms with Gasteiger partial charge in [0.05, 0.1) is 33.0 Å². The first kappa shape index (κ1) is 12.5. The lowest BCUT2D eigenvalue weighted by atomic mass is 9.95. The minimum Gasteiger partial charge on any atom is -0.378 e. The van der Waals surface area contributed by atoms with Crippen LogP contribution in [0.2, 0.25) is 0 Å². The van der Waals surface area contributed by atoms with Crippen LogP contribution in [-0.2, 0) is 4.74 Å². The fourth-order valence-electron chi connectivity index (χ4n) is 1.32. The van der Waals surface area contributed by atoms with Gasteiger partial charge < -0.3 is 4.74 Å². The number of ether oxygens (including phenoxy) is 1. The highest BCUT2D eigenvalue weighted by molar-refractivity contribution is 6.41. The minimum atomic E-state index is -0.431. The van der Waals surface area contributed by atoms with Crippen molar-refractivity contribution in [2.75, 3.05) is 7.11 Å². The van der Waals surface area contributed by atoms with E-state index in [0.717, 1.165) is 0 Å². The number of methoxy groups -OCH3 is 1. The lowest BCUT2D eigenvalue weighted by molar-refractivity contribution is 0.0812. The number of rotatable bonds is 1. The molecule has 0 saturated heterocycles. The topological polar surface area (TPSA) is 9.23 Å². The molecule has 0 aliphatic heterocycles. The Morgan fingerprint density at radius 2 is 1.00 bits per heavy atom. The predicted molar refractivity (Wildman–Crippen MR) is 59.0 cm³/mol. The van der Waals surface area contributed by atoms with Crippen molar-refractivity contribution in [3.8, 4) is 0 Å². The van der Waals surface area contributed by atoms with Gasteiger partial charge in [-0.1, -0.05) is 0 Å². The van der Waals surface area contributed by atoms with Crippen LogP contribution in [0, 0.1) is 0 Å². The Labute approximate surface area is 103 Å². The zero-order valence-corrected chi connectivity index (χ0v) is 10.5. The van der Waals surface area contributed by atoms with Crippen molar-refractivity contribution in [2.45, 2.75) is 33.0 Å². The Bertz CT molecular complexity index is 162. The molecule has 0 N–H and O–H groups in total. The molecule has 13 heavy (non-hydrogen) atoms. The maximum atomic E-state index is 6.00. The summed E-state index contributed by atoms with van der Waals surface area (Å²) in [4.78, 5) is 0. The molecule has 2 unspecified atom stereocenters. The summed E-state index contributed by atoms with van der Waals surface area (Å²) in [6.07, 6.45) is -0.358. The Kier molecular flexibility index (Phi) is 4.76. The molecule has 78 valence electrons. The van der Waals surface area contributed by atoms with Crippen LogP contribution in [0.1, 0.15) is 0 Å². The summed E-state index contributed by atoms with van der Waals surface area (Å²) in [7, 11) is 1.53. The van der Waals surface area contributed by atoms with Gasteiger partial charge in [0.2, 0.25) is 0 Å². The molecule has 1 saturated carbocycles. The Morgan fingerprint density at radius 3 is 1.31 bits per heavy atom. The summed E-state index contributed by atoms with van der Waals surface area (Å²) in [5.74, 6) is 0. The molecule has 0 aromatic heterocycles. The molecule has 0 heterocycles. The molecule has 0 aromatic carbocycles. The van der Waals surface area contributed by atoms with Gasteiger partial charge in [-0.2, -0.15) is 0 Å². The molecule has 1 aliphatic rings. The maximum absolute atomic E-state index is 6.00. The molecule has 6 heteroatoms. The minimum absolute atomic E-state index is 0.358. The monoisotopic (exact) mass is 284 g/mol. The fourth-order valence-corrected chi connectivity index (χ4v) is 3.37. The van der Waals surface area contributed by atoms with Crippen LogP contribution in [0.25, 0.3) is 0 Å². The lowest BCUT2D eigenvalue weighted by Gasteiger charge is -2.39. The van der Waals surface area contributed by atoms with Crippen molar-refractivity contribution in [1.29, 1.82) is 0 Å². The number of hydrogen-bond acceptors (Lipinski definition) is 1. The second-order valence-corrected chi connectivity index (χ2v) is 5.44. The summed E-state index contributed by atoms with van der Waals surface area (Å²) in [6, 6.07) is 0. The van der Waals surface area contributed by atoms with Gasteiger partial charge in [-0.05, 0) is 0 Å². The van der Waals surface area contributed by atoms with Crippen LogP contribution >= 0.6 is 58.0 Å². The molecule has 1 fully saturated rings. The molecule has 1 rings (SSSR count). The number of hydrogen-bond donors (Lipinski definition) is 0. The average Bonchev–Trinajstić information content (AvgIpc) is 2.13. The van der Waals surface area contributed by atoms with E-state index < -0.39 is 26.9 Å². The normalized spacial score (nSPS) is 52.2. The van der Waals surface area contributed by atoms with Gasteiger partial charge >= 0.3 is 0 Å². The first-order chi connectivity index (χ1) is 6.00. The second kappa shape index (κ2) is 4.96. The average molecular weight is 286 g/mol. The Hall–Kier alpha value is 1.41. The molecule has 0 spiro atoms. The van der Waals surface area contributed by atoms with Crippen LogP contribution in [-0.4, -0.2) is 40.1 Å². The molecular weight excluding hydrogens is 277 g/mol.